The fraction of sp³-hybridized carbons (Fsp3) is 0.250. The molecule has 1 rings (SSSR count). The largest absolute Gasteiger partial charge is 0.508 e. The number of phenols is 1. The minimum absolute atomic E-state index is 0.0532. The maximum atomic E-state index is 9.42. The summed E-state index contributed by atoms with van der Waals surface area (Å²) in [7, 11) is 0. The Hall–Kier alpha value is -0.580. The third-order valence-corrected chi connectivity index (χ3v) is 2.20. The molecule has 3 nitrogen and oxygen atoms in total. The molecule has 66 valence electrons. The lowest BCUT2D eigenvalue weighted by Gasteiger charge is -2.12. The number of nitrogens with one attached hydrogen (secondary N) is 1. The average Bonchev–Trinajstić information content (AvgIpc) is 2.08. The van der Waals surface area contributed by atoms with E-state index in [1.54, 1.807) is 12.1 Å². The molecule has 0 aliphatic heterocycles. The summed E-state index contributed by atoms with van der Waals surface area (Å²) in [5, 5.41) is 9.42. The molecule has 0 aromatic heterocycles. The van der Waals surface area contributed by atoms with Crippen LogP contribution in [0, 0.1) is 0 Å². The van der Waals surface area contributed by atoms with E-state index in [1.807, 2.05) is 13.0 Å². The van der Waals surface area contributed by atoms with Crippen molar-refractivity contribution in [2.24, 2.45) is 5.84 Å². The van der Waals surface area contributed by atoms with Crippen molar-refractivity contribution >= 4 is 15.9 Å². The first-order valence-corrected chi connectivity index (χ1v) is 4.39. The summed E-state index contributed by atoms with van der Waals surface area (Å²) in [5.41, 5.74) is 3.35. The highest BCUT2D eigenvalue weighted by Gasteiger charge is 2.08. The molecule has 0 spiro atoms. The van der Waals surface area contributed by atoms with Crippen LogP contribution in [0.1, 0.15) is 18.5 Å². The first kappa shape index (κ1) is 9.51. The van der Waals surface area contributed by atoms with Crippen molar-refractivity contribution in [1.82, 2.24) is 5.43 Å². The van der Waals surface area contributed by atoms with Gasteiger partial charge in [0, 0.05) is 16.1 Å². The summed E-state index contributed by atoms with van der Waals surface area (Å²) in [4.78, 5) is 0. The molecule has 1 aromatic carbocycles. The standard InChI is InChI=1S/C8H11BrN2O/c1-5(11-10)7-4-6(9)2-3-8(7)12/h2-5,11-12H,10H2,1H3/t5-/m1/s1. The van der Waals surface area contributed by atoms with Crippen molar-refractivity contribution in [3.63, 3.8) is 0 Å². The first-order chi connectivity index (χ1) is 5.65. The van der Waals surface area contributed by atoms with Gasteiger partial charge in [-0.1, -0.05) is 15.9 Å². The van der Waals surface area contributed by atoms with E-state index >= 15 is 0 Å². The Labute approximate surface area is 79.7 Å². The number of rotatable bonds is 2. The molecule has 0 saturated heterocycles. The molecular formula is C8H11BrN2O. The summed E-state index contributed by atoms with van der Waals surface area (Å²) in [5.74, 6) is 5.50. The second kappa shape index (κ2) is 3.89. The molecule has 1 atom stereocenters. The van der Waals surface area contributed by atoms with Crippen LogP contribution in [0.5, 0.6) is 5.75 Å². The topological polar surface area (TPSA) is 58.3 Å². The van der Waals surface area contributed by atoms with Gasteiger partial charge in [-0.05, 0) is 25.1 Å². The number of nitrogens with two attached hydrogens (primary N) is 1. The number of hydrazine groups is 1. The fourth-order valence-corrected chi connectivity index (χ4v) is 1.34. The van der Waals surface area contributed by atoms with Gasteiger partial charge in [-0.3, -0.25) is 11.3 Å². The van der Waals surface area contributed by atoms with Gasteiger partial charge >= 0.3 is 0 Å². The smallest absolute Gasteiger partial charge is 0.120 e. The summed E-state index contributed by atoms with van der Waals surface area (Å²) in [6.45, 7) is 1.88. The maximum Gasteiger partial charge on any atom is 0.120 e. The van der Waals surface area contributed by atoms with Crippen LogP contribution >= 0.6 is 15.9 Å². The summed E-state index contributed by atoms with van der Waals surface area (Å²) in [6.07, 6.45) is 0. The molecule has 12 heavy (non-hydrogen) atoms. The van der Waals surface area contributed by atoms with E-state index in [-0.39, 0.29) is 11.8 Å². The van der Waals surface area contributed by atoms with Crippen LogP contribution in [0.25, 0.3) is 0 Å². The van der Waals surface area contributed by atoms with Gasteiger partial charge < -0.3 is 5.11 Å². The Morgan fingerprint density at radius 2 is 2.25 bits per heavy atom. The van der Waals surface area contributed by atoms with Crippen molar-refractivity contribution < 1.29 is 5.11 Å². The van der Waals surface area contributed by atoms with Gasteiger partial charge in [0.05, 0.1) is 0 Å². The Morgan fingerprint density at radius 3 is 2.83 bits per heavy atom. The molecule has 0 saturated carbocycles. The van der Waals surface area contributed by atoms with Crippen molar-refractivity contribution in [1.29, 1.82) is 0 Å². The number of phenolic OH excluding ortho intramolecular Hbond substituents is 1. The summed E-state index contributed by atoms with van der Waals surface area (Å²) in [6, 6.07) is 5.19. The highest BCUT2D eigenvalue weighted by atomic mass is 79.9. The van der Waals surface area contributed by atoms with E-state index in [0.29, 0.717) is 0 Å². The van der Waals surface area contributed by atoms with Gasteiger partial charge in [-0.25, -0.2) is 0 Å². The Morgan fingerprint density at radius 1 is 1.58 bits per heavy atom. The van der Waals surface area contributed by atoms with Gasteiger partial charge in [0.2, 0.25) is 0 Å². The highest BCUT2D eigenvalue weighted by molar-refractivity contribution is 9.10. The van der Waals surface area contributed by atoms with Crippen molar-refractivity contribution in [3.8, 4) is 5.75 Å². The van der Waals surface area contributed by atoms with E-state index in [4.69, 9.17) is 5.84 Å². The van der Waals surface area contributed by atoms with Gasteiger partial charge in [0.1, 0.15) is 5.75 Å². The van der Waals surface area contributed by atoms with Gasteiger partial charge in [-0.2, -0.15) is 0 Å². The van der Waals surface area contributed by atoms with Crippen LogP contribution in [-0.4, -0.2) is 5.11 Å². The molecular weight excluding hydrogens is 220 g/mol. The minimum atomic E-state index is -0.0532. The quantitative estimate of drug-likeness (QED) is 0.536. The van der Waals surface area contributed by atoms with Crippen molar-refractivity contribution in [2.45, 2.75) is 13.0 Å². The molecule has 0 amide bonds. The molecule has 4 heteroatoms. The van der Waals surface area contributed by atoms with Crippen LogP contribution in [0.2, 0.25) is 0 Å². The lowest BCUT2D eigenvalue weighted by molar-refractivity contribution is 0.454. The van der Waals surface area contributed by atoms with Crippen LogP contribution in [0.3, 0.4) is 0 Å². The van der Waals surface area contributed by atoms with E-state index in [9.17, 15) is 5.11 Å². The molecule has 4 N–H and O–H groups in total. The molecule has 0 fully saturated rings. The van der Waals surface area contributed by atoms with E-state index < -0.39 is 0 Å². The zero-order valence-electron chi connectivity index (χ0n) is 6.71. The molecule has 0 aliphatic rings. The van der Waals surface area contributed by atoms with Gasteiger partial charge in [-0.15, -0.1) is 0 Å². The Bertz CT molecular complexity index is 278. The molecule has 0 aliphatic carbocycles. The predicted octanol–water partition coefficient (Wildman–Crippen LogP) is 1.68. The molecule has 0 bridgehead atoms. The lowest BCUT2D eigenvalue weighted by Crippen LogP contribution is -2.25. The van der Waals surface area contributed by atoms with E-state index in [2.05, 4.69) is 21.4 Å². The van der Waals surface area contributed by atoms with Crippen LogP contribution in [0.15, 0.2) is 22.7 Å². The number of halogens is 1. The van der Waals surface area contributed by atoms with Gasteiger partial charge in [0.15, 0.2) is 0 Å². The van der Waals surface area contributed by atoms with Crippen molar-refractivity contribution in [2.75, 3.05) is 0 Å². The normalized spacial score (nSPS) is 12.9. The first-order valence-electron chi connectivity index (χ1n) is 3.59. The number of aromatic hydroxyl groups is 1. The highest BCUT2D eigenvalue weighted by Crippen LogP contribution is 2.26. The molecule has 0 unspecified atom stereocenters. The molecule has 0 radical (unpaired) electrons. The fourth-order valence-electron chi connectivity index (χ4n) is 0.962. The number of hydrogen-bond acceptors (Lipinski definition) is 3. The average molecular weight is 231 g/mol. The third-order valence-electron chi connectivity index (χ3n) is 1.71. The second-order valence-electron chi connectivity index (χ2n) is 2.59. The lowest BCUT2D eigenvalue weighted by atomic mass is 10.1. The van der Waals surface area contributed by atoms with Crippen LogP contribution < -0.4 is 11.3 Å². The predicted molar refractivity (Wildman–Crippen MR) is 51.5 cm³/mol. The monoisotopic (exact) mass is 230 g/mol. The zero-order valence-corrected chi connectivity index (χ0v) is 8.30. The number of hydrogen-bond donors (Lipinski definition) is 3. The SMILES string of the molecule is C[C@@H](NN)c1cc(Br)ccc1O. The summed E-state index contributed by atoms with van der Waals surface area (Å²) >= 11 is 3.31. The second-order valence-corrected chi connectivity index (χ2v) is 3.51. The van der Waals surface area contributed by atoms with Crippen molar-refractivity contribution in [3.05, 3.63) is 28.2 Å². The maximum absolute atomic E-state index is 9.42. The summed E-state index contributed by atoms with van der Waals surface area (Å²) < 4.78 is 0.928. The minimum Gasteiger partial charge on any atom is -0.508 e. The van der Waals surface area contributed by atoms with Gasteiger partial charge in [0.25, 0.3) is 0 Å². The van der Waals surface area contributed by atoms with E-state index in [1.165, 1.54) is 0 Å². The Balaban J connectivity index is 3.04. The van der Waals surface area contributed by atoms with E-state index in [0.717, 1.165) is 10.0 Å². The van der Waals surface area contributed by atoms with Crippen LogP contribution in [0.4, 0.5) is 0 Å². The third kappa shape index (κ3) is 1.97. The zero-order chi connectivity index (χ0) is 9.14. The number of benzene rings is 1. The van der Waals surface area contributed by atoms with Crippen LogP contribution in [-0.2, 0) is 0 Å². The molecule has 1 aromatic rings. The molecule has 0 heterocycles. The Kier molecular flexibility index (Phi) is 3.08.